The summed E-state index contributed by atoms with van der Waals surface area (Å²) in [5.41, 5.74) is 0.445. The van der Waals surface area contributed by atoms with E-state index >= 15 is 0 Å². The molecule has 0 aliphatic heterocycles. The van der Waals surface area contributed by atoms with E-state index in [1.54, 1.807) is 7.05 Å². The Labute approximate surface area is 69.8 Å². The summed E-state index contributed by atoms with van der Waals surface area (Å²) in [7, 11) is -0.0490. The first-order chi connectivity index (χ1) is 5.52. The van der Waals surface area contributed by atoms with Gasteiger partial charge in [0.1, 0.15) is 5.69 Å². The lowest BCUT2D eigenvalue weighted by Gasteiger charge is -1.92. The van der Waals surface area contributed by atoms with Gasteiger partial charge < -0.3 is 10.0 Å². The Hall–Kier alpha value is -1.14. The van der Waals surface area contributed by atoms with Crippen LogP contribution in [0, 0.1) is 0 Å². The maximum atomic E-state index is 10.9. The van der Waals surface area contributed by atoms with Crippen LogP contribution in [0.15, 0.2) is 6.07 Å². The zero-order valence-corrected chi connectivity index (χ0v) is 6.85. The highest BCUT2D eigenvalue weighted by atomic mass is 16.4. The first-order valence-electron chi connectivity index (χ1n) is 3.43. The number of Topliss-reactive ketones (excluding diaryl/α,β-unsaturated/α-hetero) is 1. The second-order valence-electron chi connectivity index (χ2n) is 2.51. The van der Waals surface area contributed by atoms with Gasteiger partial charge in [0.25, 0.3) is 0 Å². The number of aromatic nitrogens is 2. The molecule has 0 amide bonds. The van der Waals surface area contributed by atoms with Crippen molar-refractivity contribution in [2.24, 2.45) is 7.05 Å². The zero-order chi connectivity index (χ0) is 9.30. The molecule has 0 saturated carbocycles. The van der Waals surface area contributed by atoms with E-state index in [1.807, 2.05) is 0 Å². The molecule has 12 heavy (non-hydrogen) atoms. The monoisotopic (exact) mass is 168 g/mol. The molecule has 0 spiro atoms. The van der Waals surface area contributed by atoms with Crippen LogP contribution in [-0.4, -0.2) is 32.7 Å². The van der Waals surface area contributed by atoms with Crippen LogP contribution < -0.4 is 5.59 Å². The van der Waals surface area contributed by atoms with Crippen LogP contribution in [0.1, 0.15) is 17.4 Å². The third-order valence-corrected chi connectivity index (χ3v) is 1.52. The molecule has 0 atom stereocenters. The van der Waals surface area contributed by atoms with E-state index in [0.29, 0.717) is 5.69 Å². The van der Waals surface area contributed by atoms with Crippen molar-refractivity contribution in [1.29, 1.82) is 0 Å². The highest BCUT2D eigenvalue weighted by molar-refractivity contribution is 6.57. The largest absolute Gasteiger partial charge is 0.510 e. The van der Waals surface area contributed by atoms with Crippen molar-refractivity contribution in [1.82, 2.24) is 9.78 Å². The van der Waals surface area contributed by atoms with Gasteiger partial charge in [0.2, 0.25) is 0 Å². The zero-order valence-electron chi connectivity index (χ0n) is 6.85. The van der Waals surface area contributed by atoms with Crippen LogP contribution in [-0.2, 0) is 7.05 Å². The number of aryl methyl sites for hydroxylation is 1. The lowest BCUT2D eigenvalue weighted by atomic mass is 9.86. The second-order valence-corrected chi connectivity index (χ2v) is 2.51. The average Bonchev–Trinajstić information content (AvgIpc) is 2.30. The van der Waals surface area contributed by atoms with Crippen molar-refractivity contribution in [2.75, 3.05) is 0 Å². The van der Waals surface area contributed by atoms with Crippen molar-refractivity contribution in [3.05, 3.63) is 11.8 Å². The molecule has 0 bridgehead atoms. The first-order valence-corrected chi connectivity index (χ1v) is 3.43. The predicted molar refractivity (Wildman–Crippen MR) is 43.0 cm³/mol. The summed E-state index contributed by atoms with van der Waals surface area (Å²) in [6.07, 6.45) is 0. The second kappa shape index (κ2) is 3.08. The smallest absolute Gasteiger partial charge is 0.422 e. The topological polar surface area (TPSA) is 75.3 Å². The number of hydrogen-bond donors (Lipinski definition) is 2. The maximum Gasteiger partial charge on any atom is 0.510 e. The van der Waals surface area contributed by atoms with Gasteiger partial charge in [-0.05, 0) is 6.07 Å². The van der Waals surface area contributed by atoms with Gasteiger partial charge in [0.15, 0.2) is 5.78 Å². The third-order valence-electron chi connectivity index (χ3n) is 1.52. The van der Waals surface area contributed by atoms with E-state index < -0.39 is 7.12 Å². The number of ketones is 1. The van der Waals surface area contributed by atoms with Gasteiger partial charge >= 0.3 is 7.12 Å². The normalized spacial score (nSPS) is 10.0. The van der Waals surface area contributed by atoms with Crippen molar-refractivity contribution >= 4 is 18.5 Å². The van der Waals surface area contributed by atoms with E-state index in [1.165, 1.54) is 17.7 Å². The number of carbonyl (C=O) groups excluding carboxylic acids is 1. The van der Waals surface area contributed by atoms with Crippen molar-refractivity contribution in [3.8, 4) is 0 Å². The Morgan fingerprint density at radius 3 is 2.50 bits per heavy atom. The fourth-order valence-electron chi connectivity index (χ4n) is 0.945. The van der Waals surface area contributed by atoms with E-state index in [9.17, 15) is 4.79 Å². The molecule has 0 unspecified atom stereocenters. The summed E-state index contributed by atoms with van der Waals surface area (Å²) in [6, 6.07) is 1.35. The van der Waals surface area contributed by atoms with Gasteiger partial charge in [-0.3, -0.25) is 9.48 Å². The minimum absolute atomic E-state index is 0.0858. The number of hydrogen-bond acceptors (Lipinski definition) is 4. The summed E-state index contributed by atoms with van der Waals surface area (Å²) in [4.78, 5) is 10.9. The van der Waals surface area contributed by atoms with Gasteiger partial charge in [0.05, 0.1) is 5.59 Å². The fraction of sp³-hybridized carbons (Fsp3) is 0.333. The molecule has 0 aliphatic rings. The van der Waals surface area contributed by atoms with Crippen LogP contribution in [0.25, 0.3) is 0 Å². The van der Waals surface area contributed by atoms with E-state index in [0.717, 1.165) is 0 Å². The molecule has 5 nitrogen and oxygen atoms in total. The molecule has 64 valence electrons. The Kier molecular flexibility index (Phi) is 2.30. The SMILES string of the molecule is CC(=O)c1cc(B(O)O)nn1C. The minimum atomic E-state index is -1.62. The van der Waals surface area contributed by atoms with Crippen molar-refractivity contribution < 1.29 is 14.8 Å². The molecule has 0 radical (unpaired) electrons. The number of nitrogens with zero attached hydrogens (tertiary/aromatic N) is 2. The molecule has 1 heterocycles. The highest BCUT2D eigenvalue weighted by Gasteiger charge is 2.18. The fourth-order valence-corrected chi connectivity index (χ4v) is 0.945. The molecule has 2 N–H and O–H groups in total. The Balaban J connectivity index is 3.09. The molecule has 0 aromatic carbocycles. The molecule has 0 aliphatic carbocycles. The van der Waals surface area contributed by atoms with Crippen LogP contribution in [0.2, 0.25) is 0 Å². The summed E-state index contributed by atoms with van der Waals surface area (Å²) in [5, 5.41) is 21.2. The number of carbonyl (C=O) groups is 1. The molecule has 1 aromatic heterocycles. The molecular formula is C6H9BN2O3. The van der Waals surface area contributed by atoms with Crippen molar-refractivity contribution in [3.63, 3.8) is 0 Å². The summed E-state index contributed by atoms with van der Waals surface area (Å²) in [5.74, 6) is -0.156. The number of rotatable bonds is 2. The van der Waals surface area contributed by atoms with Crippen molar-refractivity contribution in [2.45, 2.75) is 6.92 Å². The Morgan fingerprint density at radius 2 is 2.25 bits per heavy atom. The molecule has 6 heteroatoms. The molecule has 0 fully saturated rings. The summed E-state index contributed by atoms with van der Waals surface area (Å²) in [6.45, 7) is 1.39. The van der Waals surface area contributed by atoms with Crippen LogP contribution in [0.4, 0.5) is 0 Å². The Bertz CT molecular complexity index is 308. The minimum Gasteiger partial charge on any atom is -0.422 e. The van der Waals surface area contributed by atoms with Gasteiger partial charge in [-0.2, -0.15) is 5.10 Å². The van der Waals surface area contributed by atoms with Crippen LogP contribution in [0.3, 0.4) is 0 Å². The predicted octanol–water partition coefficient (Wildman–Crippen LogP) is -1.70. The molecule has 1 rings (SSSR count). The van der Waals surface area contributed by atoms with Gasteiger partial charge in [0, 0.05) is 14.0 Å². The maximum absolute atomic E-state index is 10.9. The van der Waals surface area contributed by atoms with Gasteiger partial charge in [-0.15, -0.1) is 0 Å². The van der Waals surface area contributed by atoms with Crippen LogP contribution >= 0.6 is 0 Å². The molecular weight excluding hydrogens is 159 g/mol. The Morgan fingerprint density at radius 1 is 1.67 bits per heavy atom. The summed E-state index contributed by atoms with van der Waals surface area (Å²) < 4.78 is 1.32. The lowest BCUT2D eigenvalue weighted by Crippen LogP contribution is -2.31. The van der Waals surface area contributed by atoms with Gasteiger partial charge in [-0.1, -0.05) is 0 Å². The highest BCUT2D eigenvalue weighted by Crippen LogP contribution is 1.95. The van der Waals surface area contributed by atoms with E-state index in [4.69, 9.17) is 10.0 Å². The first kappa shape index (κ1) is 8.96. The molecule has 0 saturated heterocycles. The average molecular weight is 168 g/mol. The summed E-state index contributed by atoms with van der Waals surface area (Å²) >= 11 is 0. The molecule has 1 aromatic rings. The van der Waals surface area contributed by atoms with Gasteiger partial charge in [-0.25, -0.2) is 0 Å². The third kappa shape index (κ3) is 1.54. The van der Waals surface area contributed by atoms with E-state index in [-0.39, 0.29) is 11.4 Å². The van der Waals surface area contributed by atoms with E-state index in [2.05, 4.69) is 5.10 Å². The quantitative estimate of drug-likeness (QED) is 0.407. The standard InChI is InChI=1S/C6H9BN2O3/c1-4(10)5-3-6(7(11)12)8-9(5)2/h3,11-12H,1-2H3. The lowest BCUT2D eigenvalue weighted by molar-refractivity contribution is 0.100. The van der Waals surface area contributed by atoms with Crippen LogP contribution in [0.5, 0.6) is 0 Å².